The van der Waals surface area contributed by atoms with Gasteiger partial charge in [0.05, 0.1) is 21.6 Å². The molecule has 2 aromatic heterocycles. The molecule has 0 spiro atoms. The fourth-order valence-electron chi connectivity index (χ4n) is 4.77. The summed E-state index contributed by atoms with van der Waals surface area (Å²) in [5.41, 5.74) is 0.233. The number of carbonyl (C=O) groups is 2. The molecule has 2 N–H and O–H groups in total. The third kappa shape index (κ3) is 6.56. The van der Waals surface area contributed by atoms with Crippen LogP contribution < -0.4 is 15.4 Å². The van der Waals surface area contributed by atoms with Gasteiger partial charge >= 0.3 is 6.18 Å². The molecule has 12 heteroatoms. The van der Waals surface area contributed by atoms with Crippen molar-refractivity contribution in [2.24, 2.45) is 5.92 Å². The number of aromatic nitrogens is 3. The molecular formula is C28H26F3N5O3S. The lowest BCUT2D eigenvalue weighted by Crippen LogP contribution is -2.19. The number of para-hydroxylation sites is 1. The quantitative estimate of drug-likeness (QED) is 0.240. The summed E-state index contributed by atoms with van der Waals surface area (Å²) >= 11 is 1.29. The van der Waals surface area contributed by atoms with Gasteiger partial charge < -0.3 is 15.4 Å². The fraction of sp³-hybridized carbons (Fsp3) is 0.321. The van der Waals surface area contributed by atoms with E-state index in [1.807, 2.05) is 6.07 Å². The number of ether oxygens (including phenoxy) is 1. The molecule has 0 atom stereocenters. The number of thiazole rings is 1. The third-order valence-electron chi connectivity index (χ3n) is 6.62. The Kier molecular flexibility index (Phi) is 7.97. The number of fused-ring (bicyclic) bond motifs is 1. The summed E-state index contributed by atoms with van der Waals surface area (Å²) in [6.07, 6.45) is 2.04. The van der Waals surface area contributed by atoms with E-state index < -0.39 is 11.7 Å². The second-order valence-electron chi connectivity index (χ2n) is 9.66. The highest BCUT2D eigenvalue weighted by Gasteiger charge is 2.31. The first-order chi connectivity index (χ1) is 19.2. The van der Waals surface area contributed by atoms with E-state index >= 15 is 0 Å². The highest BCUT2D eigenvalue weighted by atomic mass is 32.1. The molecule has 1 aliphatic rings. The van der Waals surface area contributed by atoms with Crippen molar-refractivity contribution < 1.29 is 27.5 Å². The van der Waals surface area contributed by atoms with Crippen LogP contribution in [0.3, 0.4) is 0 Å². The first kappa shape index (κ1) is 27.5. The summed E-state index contributed by atoms with van der Waals surface area (Å²) in [5, 5.41) is 5.77. The number of alkyl halides is 3. The van der Waals surface area contributed by atoms with E-state index in [1.165, 1.54) is 36.7 Å². The second kappa shape index (κ2) is 11.6. The molecule has 1 fully saturated rings. The Morgan fingerprint density at radius 3 is 2.60 bits per heavy atom. The maximum Gasteiger partial charge on any atom is 0.416 e. The van der Waals surface area contributed by atoms with Gasteiger partial charge in [0, 0.05) is 25.0 Å². The minimum atomic E-state index is -4.58. The third-order valence-corrected chi connectivity index (χ3v) is 7.55. The first-order valence-electron chi connectivity index (χ1n) is 12.8. The standard InChI is InChI=1S/C28H26F3N5O3S/c1-16(37)34-27-36-26-22(8-5-9-23(26)40-27)39-25-14-20(32-15-33-25)19-11-10-18(28(29,30)31)13-21(19)35-24(38)12-17-6-3-2-4-7-17/h5,8-11,13-15,17H,2-4,6-7,12H2,1H3,(H,35,38)(H,34,36,37). The van der Waals surface area contributed by atoms with Crippen molar-refractivity contribution in [3.63, 3.8) is 0 Å². The SMILES string of the molecule is CC(=O)Nc1nc2c(Oc3cc(-c4ccc(C(F)(F)F)cc4NC(=O)CC4CCCCC4)ncn3)cccc2s1. The van der Waals surface area contributed by atoms with E-state index in [9.17, 15) is 22.8 Å². The van der Waals surface area contributed by atoms with Crippen LogP contribution >= 0.6 is 11.3 Å². The van der Waals surface area contributed by atoms with Crippen LogP contribution in [0.4, 0.5) is 24.0 Å². The van der Waals surface area contributed by atoms with E-state index in [-0.39, 0.29) is 41.4 Å². The second-order valence-corrected chi connectivity index (χ2v) is 10.7. The highest BCUT2D eigenvalue weighted by molar-refractivity contribution is 7.22. The van der Waals surface area contributed by atoms with Crippen LogP contribution in [-0.4, -0.2) is 26.8 Å². The van der Waals surface area contributed by atoms with Crippen molar-refractivity contribution in [1.29, 1.82) is 0 Å². The van der Waals surface area contributed by atoms with Crippen molar-refractivity contribution in [2.45, 2.75) is 51.6 Å². The summed E-state index contributed by atoms with van der Waals surface area (Å²) in [4.78, 5) is 37.1. The van der Waals surface area contributed by atoms with Crippen LogP contribution in [0.2, 0.25) is 0 Å². The van der Waals surface area contributed by atoms with Gasteiger partial charge in [-0.05, 0) is 43.0 Å². The average Bonchev–Trinajstić information content (AvgIpc) is 3.31. The van der Waals surface area contributed by atoms with Gasteiger partial charge in [-0.2, -0.15) is 13.2 Å². The highest BCUT2D eigenvalue weighted by Crippen LogP contribution is 2.38. The zero-order valence-corrected chi connectivity index (χ0v) is 22.4. The Morgan fingerprint density at radius 1 is 1.05 bits per heavy atom. The Balaban J connectivity index is 1.43. The Bertz CT molecular complexity index is 1550. The molecule has 208 valence electrons. The fourth-order valence-corrected chi connectivity index (χ4v) is 5.70. The van der Waals surface area contributed by atoms with Gasteiger partial charge in [-0.15, -0.1) is 0 Å². The maximum atomic E-state index is 13.5. The van der Waals surface area contributed by atoms with Crippen LogP contribution in [0.25, 0.3) is 21.5 Å². The molecule has 1 saturated carbocycles. The molecule has 5 rings (SSSR count). The summed E-state index contributed by atoms with van der Waals surface area (Å²) < 4.78 is 47.4. The lowest BCUT2D eigenvalue weighted by Gasteiger charge is -2.21. The first-order valence-corrected chi connectivity index (χ1v) is 13.7. The van der Waals surface area contributed by atoms with Crippen molar-refractivity contribution >= 4 is 44.2 Å². The summed E-state index contributed by atoms with van der Waals surface area (Å²) in [7, 11) is 0. The minimum absolute atomic E-state index is 0.0156. The van der Waals surface area contributed by atoms with Crippen LogP contribution in [0, 0.1) is 5.92 Å². The molecule has 2 amide bonds. The number of amides is 2. The van der Waals surface area contributed by atoms with Gasteiger partial charge in [0.1, 0.15) is 11.8 Å². The molecule has 40 heavy (non-hydrogen) atoms. The lowest BCUT2D eigenvalue weighted by molar-refractivity contribution is -0.137. The molecule has 0 bridgehead atoms. The van der Waals surface area contributed by atoms with Crippen LogP contribution in [-0.2, 0) is 15.8 Å². The number of nitrogens with one attached hydrogen (secondary N) is 2. The predicted octanol–water partition coefficient (Wildman–Crippen LogP) is 7.43. The molecule has 1 aliphatic carbocycles. The lowest BCUT2D eigenvalue weighted by atomic mass is 9.87. The topological polar surface area (TPSA) is 106 Å². The molecule has 2 aromatic carbocycles. The zero-order valence-electron chi connectivity index (χ0n) is 21.5. The van der Waals surface area contributed by atoms with E-state index in [2.05, 4.69) is 25.6 Å². The van der Waals surface area contributed by atoms with E-state index in [1.54, 1.807) is 12.1 Å². The zero-order chi connectivity index (χ0) is 28.3. The predicted molar refractivity (Wildman–Crippen MR) is 146 cm³/mol. The van der Waals surface area contributed by atoms with Crippen LogP contribution in [0.1, 0.15) is 51.0 Å². The number of benzene rings is 2. The van der Waals surface area contributed by atoms with Crippen molar-refractivity contribution in [2.75, 3.05) is 10.6 Å². The van der Waals surface area contributed by atoms with E-state index in [0.29, 0.717) is 22.0 Å². The molecule has 0 saturated heterocycles. The number of hydrogen-bond donors (Lipinski definition) is 2. The van der Waals surface area contributed by atoms with E-state index in [4.69, 9.17) is 4.74 Å². The minimum Gasteiger partial charge on any atom is -0.437 e. The number of carbonyl (C=O) groups excluding carboxylic acids is 2. The van der Waals surface area contributed by atoms with Gasteiger partial charge in [0.25, 0.3) is 0 Å². The average molecular weight is 570 g/mol. The van der Waals surface area contributed by atoms with E-state index in [0.717, 1.165) is 48.9 Å². The van der Waals surface area contributed by atoms with Crippen LogP contribution in [0.15, 0.2) is 48.8 Å². The molecular weight excluding hydrogens is 543 g/mol. The number of anilines is 2. The monoisotopic (exact) mass is 569 g/mol. The Hall–Kier alpha value is -4.06. The number of halogens is 3. The number of hydrogen-bond acceptors (Lipinski definition) is 7. The van der Waals surface area contributed by atoms with Gasteiger partial charge in [-0.1, -0.05) is 42.7 Å². The van der Waals surface area contributed by atoms with Crippen molar-refractivity contribution in [3.8, 4) is 22.9 Å². The van der Waals surface area contributed by atoms with Crippen molar-refractivity contribution in [3.05, 3.63) is 54.4 Å². The normalized spacial score (nSPS) is 14.2. The van der Waals surface area contributed by atoms with Gasteiger partial charge in [-0.3, -0.25) is 9.59 Å². The van der Waals surface area contributed by atoms with Gasteiger partial charge in [-0.25, -0.2) is 15.0 Å². The van der Waals surface area contributed by atoms with Crippen molar-refractivity contribution in [1.82, 2.24) is 15.0 Å². The summed E-state index contributed by atoms with van der Waals surface area (Å²) in [6.45, 7) is 1.39. The largest absolute Gasteiger partial charge is 0.437 e. The Morgan fingerprint density at radius 2 is 1.85 bits per heavy atom. The number of nitrogens with zero attached hydrogens (tertiary/aromatic N) is 3. The number of rotatable bonds is 7. The summed E-state index contributed by atoms with van der Waals surface area (Å²) in [6, 6.07) is 9.94. The van der Waals surface area contributed by atoms with Gasteiger partial charge in [0.2, 0.25) is 17.7 Å². The molecule has 2 heterocycles. The molecule has 0 radical (unpaired) electrons. The molecule has 8 nitrogen and oxygen atoms in total. The smallest absolute Gasteiger partial charge is 0.416 e. The van der Waals surface area contributed by atoms with Crippen LogP contribution in [0.5, 0.6) is 11.6 Å². The maximum absolute atomic E-state index is 13.5. The van der Waals surface area contributed by atoms with Gasteiger partial charge in [0.15, 0.2) is 10.9 Å². The molecule has 0 aliphatic heterocycles. The molecule has 4 aromatic rings. The molecule has 0 unspecified atom stereocenters. The summed E-state index contributed by atoms with van der Waals surface area (Å²) in [5.74, 6) is 0.152. The Labute approximate surface area is 232 Å².